The van der Waals surface area contributed by atoms with Crippen molar-refractivity contribution in [3.05, 3.63) is 84.1 Å². The van der Waals surface area contributed by atoms with Gasteiger partial charge in [-0.2, -0.15) is 4.31 Å². The SMILES string of the molecule is COc1ccc(N2CCN(C(=O)c3oc4ccccc4c3NC(=O)C3CCN(S(=O)(=O)c4ccc(C)cc4)CC3)CC2)cc1. The monoisotopic (exact) mass is 616 g/mol. The largest absolute Gasteiger partial charge is 0.497 e. The molecule has 230 valence electrons. The molecule has 2 saturated heterocycles. The molecule has 2 amide bonds. The number of methoxy groups -OCH3 is 1. The highest BCUT2D eigenvalue weighted by Crippen LogP contribution is 2.34. The molecule has 6 rings (SSSR count). The Balaban J connectivity index is 1.13. The molecule has 0 atom stereocenters. The van der Waals surface area contributed by atoms with Crippen molar-refractivity contribution in [3.63, 3.8) is 0 Å². The number of carbonyl (C=O) groups is 2. The number of piperidine rings is 1. The van der Waals surface area contributed by atoms with E-state index < -0.39 is 15.9 Å². The predicted octanol–water partition coefficient (Wildman–Crippen LogP) is 4.75. The van der Waals surface area contributed by atoms with E-state index in [4.69, 9.17) is 9.15 Å². The van der Waals surface area contributed by atoms with Crippen LogP contribution in [0.3, 0.4) is 0 Å². The highest BCUT2D eigenvalue weighted by molar-refractivity contribution is 7.89. The first-order valence-electron chi connectivity index (χ1n) is 14.8. The normalized spacial score (nSPS) is 16.7. The summed E-state index contributed by atoms with van der Waals surface area (Å²) in [6, 6.07) is 21.9. The van der Waals surface area contributed by atoms with E-state index in [1.807, 2.05) is 49.4 Å². The molecular weight excluding hydrogens is 580 g/mol. The van der Waals surface area contributed by atoms with E-state index >= 15 is 0 Å². The van der Waals surface area contributed by atoms with Crippen LogP contribution in [0.2, 0.25) is 0 Å². The Bertz CT molecular complexity index is 1750. The molecule has 10 nitrogen and oxygen atoms in total. The van der Waals surface area contributed by atoms with Gasteiger partial charge in [0.1, 0.15) is 17.0 Å². The zero-order valence-electron chi connectivity index (χ0n) is 24.9. The van der Waals surface area contributed by atoms with Crippen LogP contribution in [-0.2, 0) is 14.8 Å². The smallest absolute Gasteiger partial charge is 0.291 e. The second-order valence-corrected chi connectivity index (χ2v) is 13.2. The number of hydrogen-bond donors (Lipinski definition) is 1. The lowest BCUT2D eigenvalue weighted by atomic mass is 9.97. The van der Waals surface area contributed by atoms with Crippen molar-refractivity contribution in [2.24, 2.45) is 5.92 Å². The van der Waals surface area contributed by atoms with E-state index in [0.29, 0.717) is 55.7 Å². The average molecular weight is 617 g/mol. The van der Waals surface area contributed by atoms with Crippen molar-refractivity contribution in [2.75, 3.05) is 56.6 Å². The van der Waals surface area contributed by atoms with Crippen molar-refractivity contribution >= 4 is 44.2 Å². The molecule has 1 N–H and O–H groups in total. The summed E-state index contributed by atoms with van der Waals surface area (Å²) in [5.41, 5.74) is 2.93. The lowest BCUT2D eigenvalue weighted by Crippen LogP contribution is -2.48. The van der Waals surface area contributed by atoms with Gasteiger partial charge in [-0.3, -0.25) is 9.59 Å². The Morgan fingerprint density at radius 1 is 0.864 bits per heavy atom. The first-order valence-corrected chi connectivity index (χ1v) is 16.3. The van der Waals surface area contributed by atoms with Crippen molar-refractivity contribution in [1.82, 2.24) is 9.21 Å². The first-order chi connectivity index (χ1) is 21.2. The Kier molecular flexibility index (Phi) is 8.33. The molecule has 44 heavy (non-hydrogen) atoms. The number of para-hydroxylation sites is 1. The van der Waals surface area contributed by atoms with E-state index in [1.54, 1.807) is 42.3 Å². The van der Waals surface area contributed by atoms with Crippen LogP contribution in [0.25, 0.3) is 11.0 Å². The number of aryl methyl sites for hydroxylation is 1. The molecule has 3 aromatic carbocycles. The number of benzene rings is 3. The van der Waals surface area contributed by atoms with Crippen LogP contribution >= 0.6 is 0 Å². The second-order valence-electron chi connectivity index (χ2n) is 11.3. The summed E-state index contributed by atoms with van der Waals surface area (Å²) >= 11 is 0. The molecular formula is C33H36N4O6S. The zero-order chi connectivity index (χ0) is 30.8. The van der Waals surface area contributed by atoms with Crippen molar-refractivity contribution in [2.45, 2.75) is 24.7 Å². The van der Waals surface area contributed by atoms with Crippen LogP contribution in [-0.4, -0.2) is 75.8 Å². The third-order valence-corrected chi connectivity index (χ3v) is 10.4. The van der Waals surface area contributed by atoms with Crippen molar-refractivity contribution in [1.29, 1.82) is 0 Å². The fourth-order valence-corrected chi connectivity index (χ4v) is 7.34. The third-order valence-electron chi connectivity index (χ3n) is 8.53. The number of ether oxygens (including phenoxy) is 1. The minimum absolute atomic E-state index is 0.108. The molecule has 0 radical (unpaired) electrons. The summed E-state index contributed by atoms with van der Waals surface area (Å²) in [5, 5.41) is 3.64. The molecule has 11 heteroatoms. The van der Waals surface area contributed by atoms with Gasteiger partial charge in [-0.25, -0.2) is 8.42 Å². The number of rotatable bonds is 7. The number of fused-ring (bicyclic) bond motifs is 1. The van der Waals surface area contributed by atoms with Gasteiger partial charge in [0.15, 0.2) is 0 Å². The summed E-state index contributed by atoms with van der Waals surface area (Å²) in [6.07, 6.45) is 0.757. The quantitative estimate of drug-likeness (QED) is 0.319. The number of anilines is 2. The van der Waals surface area contributed by atoms with Gasteiger partial charge in [-0.05, 0) is 68.3 Å². The van der Waals surface area contributed by atoms with E-state index in [0.717, 1.165) is 17.0 Å². The molecule has 4 aromatic rings. The summed E-state index contributed by atoms with van der Waals surface area (Å²) in [6.45, 7) is 4.71. The second kappa shape index (κ2) is 12.3. The molecule has 0 aliphatic carbocycles. The molecule has 2 aliphatic heterocycles. The lowest BCUT2D eigenvalue weighted by molar-refractivity contribution is -0.120. The van der Waals surface area contributed by atoms with Gasteiger partial charge >= 0.3 is 0 Å². The average Bonchev–Trinajstić information content (AvgIpc) is 3.43. The van der Waals surface area contributed by atoms with Crippen LogP contribution in [0.15, 0.2) is 82.1 Å². The van der Waals surface area contributed by atoms with Crippen LogP contribution in [0.1, 0.15) is 29.0 Å². The highest BCUT2D eigenvalue weighted by atomic mass is 32.2. The number of amides is 2. The summed E-state index contributed by atoms with van der Waals surface area (Å²) in [5.74, 6) is -0.0204. The zero-order valence-corrected chi connectivity index (χ0v) is 25.7. The van der Waals surface area contributed by atoms with Gasteiger partial charge in [0.2, 0.25) is 21.7 Å². The number of furan rings is 1. The van der Waals surface area contributed by atoms with E-state index in [1.165, 1.54) is 4.31 Å². The Morgan fingerprint density at radius 3 is 2.18 bits per heavy atom. The fraction of sp³-hybridized carbons (Fsp3) is 0.333. The van der Waals surface area contributed by atoms with Gasteiger partial charge in [-0.1, -0.05) is 29.8 Å². The fourth-order valence-electron chi connectivity index (χ4n) is 5.87. The summed E-state index contributed by atoms with van der Waals surface area (Å²) in [4.78, 5) is 31.5. The number of sulfonamides is 1. The van der Waals surface area contributed by atoms with Crippen LogP contribution in [0, 0.1) is 12.8 Å². The molecule has 1 aromatic heterocycles. The predicted molar refractivity (Wildman–Crippen MR) is 169 cm³/mol. The third kappa shape index (κ3) is 5.89. The minimum Gasteiger partial charge on any atom is -0.497 e. The Hall–Kier alpha value is -4.35. The molecule has 0 bridgehead atoms. The molecule has 0 unspecified atom stereocenters. The highest BCUT2D eigenvalue weighted by Gasteiger charge is 2.34. The summed E-state index contributed by atoms with van der Waals surface area (Å²) < 4.78 is 39.0. The molecule has 0 spiro atoms. The maximum atomic E-state index is 13.8. The van der Waals surface area contributed by atoms with E-state index in [2.05, 4.69) is 10.2 Å². The van der Waals surface area contributed by atoms with Crippen molar-refractivity contribution < 1.29 is 27.2 Å². The standard InChI is InChI=1S/C33H36N4O6S/c1-23-7-13-27(14-8-23)44(40,41)37-17-15-24(16-18-37)32(38)34-30-28-5-3-4-6-29(28)43-31(30)33(39)36-21-19-35(20-22-36)25-9-11-26(42-2)12-10-25/h3-14,24H,15-22H2,1-2H3,(H,34,38). The molecule has 3 heterocycles. The number of nitrogens with one attached hydrogen (secondary N) is 1. The minimum atomic E-state index is -3.63. The first kappa shape index (κ1) is 29.7. The van der Waals surface area contributed by atoms with Gasteiger partial charge in [0, 0.05) is 56.3 Å². The Morgan fingerprint density at radius 2 is 1.52 bits per heavy atom. The van der Waals surface area contributed by atoms with Crippen LogP contribution < -0.4 is 15.0 Å². The van der Waals surface area contributed by atoms with Gasteiger partial charge < -0.3 is 24.3 Å². The number of nitrogens with zero attached hydrogens (tertiary/aromatic N) is 3. The summed E-state index contributed by atoms with van der Waals surface area (Å²) in [7, 11) is -2.00. The van der Waals surface area contributed by atoms with Crippen LogP contribution in [0.5, 0.6) is 5.75 Å². The molecule has 0 saturated carbocycles. The number of carbonyl (C=O) groups excluding carboxylic acids is 2. The lowest BCUT2D eigenvalue weighted by Gasteiger charge is -2.36. The number of hydrogen-bond acceptors (Lipinski definition) is 7. The van der Waals surface area contributed by atoms with E-state index in [9.17, 15) is 18.0 Å². The molecule has 2 fully saturated rings. The Labute approximate surface area is 257 Å². The van der Waals surface area contributed by atoms with Gasteiger partial charge in [-0.15, -0.1) is 0 Å². The van der Waals surface area contributed by atoms with Crippen molar-refractivity contribution in [3.8, 4) is 5.75 Å². The van der Waals surface area contributed by atoms with Gasteiger partial charge in [0.05, 0.1) is 12.0 Å². The van der Waals surface area contributed by atoms with Gasteiger partial charge in [0.25, 0.3) is 5.91 Å². The maximum absolute atomic E-state index is 13.8. The maximum Gasteiger partial charge on any atom is 0.291 e. The molecule has 2 aliphatic rings. The van der Waals surface area contributed by atoms with E-state index in [-0.39, 0.29) is 35.6 Å². The van der Waals surface area contributed by atoms with Crippen LogP contribution in [0.4, 0.5) is 11.4 Å². The topological polar surface area (TPSA) is 112 Å². The number of piperazine rings is 1.